The Bertz CT molecular complexity index is 328. The number of carboxylic acids is 1. The van der Waals surface area contributed by atoms with Gasteiger partial charge in [0.25, 0.3) is 0 Å². The van der Waals surface area contributed by atoms with E-state index in [1.165, 1.54) is 19.3 Å². The summed E-state index contributed by atoms with van der Waals surface area (Å²) in [6, 6.07) is 0. The van der Waals surface area contributed by atoms with Crippen molar-refractivity contribution in [3.05, 3.63) is 0 Å². The van der Waals surface area contributed by atoms with Gasteiger partial charge in [0.05, 0.1) is 0 Å². The van der Waals surface area contributed by atoms with Crippen molar-refractivity contribution in [1.82, 2.24) is 0 Å². The maximum absolute atomic E-state index is 11.3. The van der Waals surface area contributed by atoms with E-state index in [-0.39, 0.29) is 14.6 Å². The molecule has 0 radical (unpaired) electrons. The first kappa shape index (κ1) is 11.5. The van der Waals surface area contributed by atoms with Crippen LogP contribution in [0.25, 0.3) is 0 Å². The zero-order valence-corrected chi connectivity index (χ0v) is 12.3. The van der Waals surface area contributed by atoms with Crippen LogP contribution in [0.4, 0.5) is 0 Å². The van der Waals surface area contributed by atoms with Crippen LogP contribution in [0.2, 0.25) is 0 Å². The molecule has 0 aliphatic heterocycles. The molecule has 16 heavy (non-hydrogen) atoms. The molecule has 4 bridgehead atoms. The second kappa shape index (κ2) is 3.47. The number of aliphatic carboxylic acids is 1. The largest absolute Gasteiger partial charge is 0.480 e. The Labute approximate surface area is 112 Å². The lowest BCUT2D eigenvalue weighted by Gasteiger charge is -2.61. The zero-order chi connectivity index (χ0) is 11.6. The summed E-state index contributed by atoms with van der Waals surface area (Å²) in [6.45, 7) is 0. The molecule has 2 unspecified atom stereocenters. The summed E-state index contributed by atoms with van der Waals surface area (Å²) in [5.41, 5.74) is 0.0133. The van der Waals surface area contributed by atoms with Gasteiger partial charge in [0.2, 0.25) is 0 Å². The van der Waals surface area contributed by atoms with Gasteiger partial charge in [0.15, 0.2) is 0 Å². The minimum Gasteiger partial charge on any atom is -0.480 e. The second-order valence-corrected chi connectivity index (χ2v) is 8.77. The summed E-state index contributed by atoms with van der Waals surface area (Å²) in [7, 11) is 0. The predicted octanol–water partition coefficient (Wildman–Crippen LogP) is 3.57. The van der Waals surface area contributed by atoms with Crippen molar-refractivity contribution in [2.24, 2.45) is 17.3 Å². The Morgan fingerprint density at radius 2 is 1.81 bits per heavy atom. The number of rotatable bonds is 2. The summed E-state index contributed by atoms with van der Waals surface area (Å²) in [4.78, 5) is 10.9. The van der Waals surface area contributed by atoms with Crippen molar-refractivity contribution >= 4 is 37.8 Å². The molecule has 0 heterocycles. The molecule has 0 aromatic rings. The minimum atomic E-state index is -0.682. The average Bonchev–Trinajstić information content (AvgIpc) is 2.12. The molecule has 90 valence electrons. The number of hydrogen-bond donors (Lipinski definition) is 1. The zero-order valence-electron chi connectivity index (χ0n) is 9.09. The first-order valence-corrected chi connectivity index (χ1v) is 7.69. The molecule has 0 spiro atoms. The SMILES string of the molecule is O=C(O)[C@@H](Br)C12C[C@@H]3C[C@@H](CC(Br)(C3)C1)C2. The van der Waals surface area contributed by atoms with Gasteiger partial charge in [-0.1, -0.05) is 31.9 Å². The van der Waals surface area contributed by atoms with Crippen LogP contribution in [0, 0.1) is 17.3 Å². The molecule has 4 aliphatic carbocycles. The summed E-state index contributed by atoms with van der Waals surface area (Å²) >= 11 is 7.33. The molecule has 0 saturated heterocycles. The van der Waals surface area contributed by atoms with Gasteiger partial charge in [-0.3, -0.25) is 4.79 Å². The van der Waals surface area contributed by atoms with E-state index in [2.05, 4.69) is 31.9 Å². The smallest absolute Gasteiger partial charge is 0.317 e. The van der Waals surface area contributed by atoms with Crippen molar-refractivity contribution in [1.29, 1.82) is 0 Å². The quantitative estimate of drug-likeness (QED) is 0.772. The Kier molecular flexibility index (Phi) is 2.50. The summed E-state index contributed by atoms with van der Waals surface area (Å²) in [5.74, 6) is 0.818. The molecule has 2 nitrogen and oxygen atoms in total. The standard InChI is InChI=1S/C12H16Br2O2/c13-9(10(15)16)11-2-7-1-8(3-11)5-12(14,4-7)6-11/h7-9H,1-6H2,(H,15,16)/t7-,8+,9-,11?,12?/m1/s1. The van der Waals surface area contributed by atoms with Crippen LogP contribution in [0.1, 0.15) is 38.5 Å². The van der Waals surface area contributed by atoms with E-state index >= 15 is 0 Å². The maximum atomic E-state index is 11.3. The monoisotopic (exact) mass is 350 g/mol. The molecular formula is C12H16Br2O2. The van der Waals surface area contributed by atoms with E-state index in [1.54, 1.807) is 0 Å². The lowest BCUT2D eigenvalue weighted by molar-refractivity contribution is -0.142. The second-order valence-electron chi connectivity index (χ2n) is 6.18. The topological polar surface area (TPSA) is 37.3 Å². The van der Waals surface area contributed by atoms with Gasteiger partial charge < -0.3 is 5.11 Å². The Hall–Kier alpha value is 0.430. The van der Waals surface area contributed by atoms with Crippen LogP contribution in [-0.4, -0.2) is 20.2 Å². The highest BCUT2D eigenvalue weighted by Gasteiger charge is 2.60. The van der Waals surface area contributed by atoms with E-state index in [0.29, 0.717) is 0 Å². The molecule has 0 aromatic carbocycles. The lowest BCUT2D eigenvalue weighted by atomic mass is 9.48. The predicted molar refractivity (Wildman–Crippen MR) is 69.1 cm³/mol. The van der Waals surface area contributed by atoms with Crippen molar-refractivity contribution in [3.8, 4) is 0 Å². The van der Waals surface area contributed by atoms with E-state index in [0.717, 1.165) is 31.1 Å². The number of carbonyl (C=O) groups is 1. The third kappa shape index (κ3) is 1.59. The van der Waals surface area contributed by atoms with Gasteiger partial charge in [-0.05, 0) is 55.8 Å². The molecule has 4 aliphatic rings. The van der Waals surface area contributed by atoms with E-state index in [4.69, 9.17) is 0 Å². The Morgan fingerprint density at radius 1 is 1.25 bits per heavy atom. The fourth-order valence-corrected chi connectivity index (χ4v) is 6.79. The van der Waals surface area contributed by atoms with Crippen LogP contribution in [0.5, 0.6) is 0 Å². The molecule has 4 fully saturated rings. The highest BCUT2D eigenvalue weighted by Crippen LogP contribution is 2.66. The molecule has 1 N–H and O–H groups in total. The number of carboxylic acid groups (broad SMARTS) is 1. The molecule has 5 atom stereocenters. The first-order chi connectivity index (χ1) is 7.42. The van der Waals surface area contributed by atoms with Crippen LogP contribution in [-0.2, 0) is 4.79 Å². The molecule has 4 heteroatoms. The van der Waals surface area contributed by atoms with Crippen molar-refractivity contribution in [2.75, 3.05) is 0 Å². The van der Waals surface area contributed by atoms with Gasteiger partial charge in [0.1, 0.15) is 4.83 Å². The van der Waals surface area contributed by atoms with Gasteiger partial charge in [-0.2, -0.15) is 0 Å². The van der Waals surface area contributed by atoms with Crippen molar-refractivity contribution in [3.63, 3.8) is 0 Å². The van der Waals surface area contributed by atoms with Gasteiger partial charge in [0, 0.05) is 4.32 Å². The number of alkyl halides is 2. The summed E-state index contributed by atoms with van der Waals surface area (Å²) in [6.07, 6.45) is 7.09. The molecular weight excluding hydrogens is 336 g/mol. The van der Waals surface area contributed by atoms with Gasteiger partial charge in [-0.15, -0.1) is 0 Å². The number of halogens is 2. The highest BCUT2D eigenvalue weighted by molar-refractivity contribution is 9.10. The van der Waals surface area contributed by atoms with E-state index in [9.17, 15) is 9.90 Å². The number of hydrogen-bond acceptors (Lipinski definition) is 1. The van der Waals surface area contributed by atoms with Crippen molar-refractivity contribution < 1.29 is 9.90 Å². The average molecular weight is 352 g/mol. The maximum Gasteiger partial charge on any atom is 0.317 e. The summed E-state index contributed by atoms with van der Waals surface area (Å²) in [5, 5.41) is 9.26. The van der Waals surface area contributed by atoms with Gasteiger partial charge in [-0.25, -0.2) is 0 Å². The van der Waals surface area contributed by atoms with Crippen LogP contribution in [0.15, 0.2) is 0 Å². The van der Waals surface area contributed by atoms with Gasteiger partial charge >= 0.3 is 5.97 Å². The third-order valence-corrected chi connectivity index (χ3v) is 7.08. The highest BCUT2D eigenvalue weighted by atomic mass is 79.9. The lowest BCUT2D eigenvalue weighted by Crippen LogP contribution is -2.57. The van der Waals surface area contributed by atoms with Crippen LogP contribution >= 0.6 is 31.9 Å². The molecule has 0 aromatic heterocycles. The molecule has 4 saturated carbocycles. The van der Waals surface area contributed by atoms with Crippen molar-refractivity contribution in [2.45, 2.75) is 47.7 Å². The Balaban J connectivity index is 1.94. The van der Waals surface area contributed by atoms with E-state index < -0.39 is 5.97 Å². The molecule has 4 rings (SSSR count). The summed E-state index contributed by atoms with van der Waals surface area (Å²) < 4.78 is 0.249. The fourth-order valence-electron chi connectivity index (χ4n) is 4.78. The Morgan fingerprint density at radius 3 is 2.25 bits per heavy atom. The normalized spacial score (nSPS) is 51.6. The minimum absolute atomic E-state index is 0.0133. The first-order valence-electron chi connectivity index (χ1n) is 5.98. The van der Waals surface area contributed by atoms with Crippen LogP contribution in [0.3, 0.4) is 0 Å². The molecule has 0 amide bonds. The third-order valence-electron chi connectivity index (χ3n) is 4.79. The van der Waals surface area contributed by atoms with E-state index in [1.807, 2.05) is 0 Å². The van der Waals surface area contributed by atoms with Crippen LogP contribution < -0.4 is 0 Å². The fraction of sp³-hybridized carbons (Fsp3) is 0.917.